The van der Waals surface area contributed by atoms with Crippen molar-refractivity contribution in [1.82, 2.24) is 9.13 Å². The Morgan fingerprint density at radius 2 is 0.700 bits per heavy atom. The molecule has 0 atom stereocenters. The van der Waals surface area contributed by atoms with Gasteiger partial charge in [0.2, 0.25) is 0 Å². The number of hydrogen-bond donors (Lipinski definition) is 0. The van der Waals surface area contributed by atoms with Crippen molar-refractivity contribution in [1.29, 1.82) is 0 Å². The zero-order valence-corrected chi connectivity index (χ0v) is 27.2. The predicted octanol–water partition coefficient (Wildman–Crippen LogP) is 13.0. The van der Waals surface area contributed by atoms with E-state index in [0.29, 0.717) is 0 Å². The van der Waals surface area contributed by atoms with Crippen LogP contribution in [0.2, 0.25) is 0 Å². The van der Waals surface area contributed by atoms with Crippen LogP contribution in [0.3, 0.4) is 0 Å². The Kier molecular flexibility index (Phi) is 5.70. The maximum absolute atomic E-state index is 2.42. The van der Waals surface area contributed by atoms with Gasteiger partial charge in [0, 0.05) is 32.9 Å². The Morgan fingerprint density at radius 1 is 0.240 bits per heavy atom. The predicted molar refractivity (Wildman–Crippen MR) is 213 cm³/mol. The lowest BCUT2D eigenvalue weighted by molar-refractivity contribution is 1.18. The minimum Gasteiger partial charge on any atom is -0.309 e. The summed E-state index contributed by atoms with van der Waals surface area (Å²) in [5.41, 5.74) is 9.64. The molecule has 0 aliphatic carbocycles. The van der Waals surface area contributed by atoms with Crippen LogP contribution >= 0.6 is 0 Å². The minimum atomic E-state index is 1.17. The quantitative estimate of drug-likeness (QED) is 0.171. The molecule has 0 aliphatic heterocycles. The summed E-state index contributed by atoms with van der Waals surface area (Å²) in [6.07, 6.45) is 0. The Bertz CT molecular complexity index is 3130. The summed E-state index contributed by atoms with van der Waals surface area (Å²) in [6.45, 7) is 0. The maximum Gasteiger partial charge on any atom is 0.0547 e. The van der Waals surface area contributed by atoms with Crippen LogP contribution in [0.4, 0.5) is 0 Å². The van der Waals surface area contributed by atoms with E-state index in [0.717, 1.165) is 0 Å². The van der Waals surface area contributed by atoms with Gasteiger partial charge >= 0.3 is 0 Å². The highest BCUT2D eigenvalue weighted by Crippen LogP contribution is 2.41. The molecule has 0 aliphatic rings. The zero-order valence-electron chi connectivity index (χ0n) is 27.2. The third-order valence-electron chi connectivity index (χ3n) is 10.6. The first-order valence-corrected chi connectivity index (χ1v) is 17.3. The maximum atomic E-state index is 2.42. The third-order valence-corrected chi connectivity index (χ3v) is 10.6. The van der Waals surface area contributed by atoms with Crippen molar-refractivity contribution < 1.29 is 0 Å². The van der Waals surface area contributed by atoms with E-state index in [1.807, 2.05) is 0 Å². The minimum absolute atomic E-state index is 1.17. The molecule has 2 nitrogen and oxygen atoms in total. The molecule has 0 N–H and O–H groups in total. The summed E-state index contributed by atoms with van der Waals surface area (Å²) in [5.74, 6) is 0. The van der Waals surface area contributed by atoms with E-state index in [1.54, 1.807) is 0 Å². The summed E-state index contributed by atoms with van der Waals surface area (Å²) in [5, 5.41) is 12.7. The molecule has 232 valence electrons. The molecule has 0 bridgehead atoms. The lowest BCUT2D eigenvalue weighted by Gasteiger charge is -2.10. The van der Waals surface area contributed by atoms with Crippen molar-refractivity contribution in [2.24, 2.45) is 0 Å². The molecule has 2 heteroatoms. The van der Waals surface area contributed by atoms with Crippen LogP contribution in [0.1, 0.15) is 0 Å². The van der Waals surface area contributed by atoms with Gasteiger partial charge in [-0.1, -0.05) is 109 Å². The van der Waals surface area contributed by atoms with Gasteiger partial charge in [0.25, 0.3) is 0 Å². The Morgan fingerprint density at radius 3 is 1.32 bits per heavy atom. The Hall–Kier alpha value is -6.64. The van der Waals surface area contributed by atoms with Crippen LogP contribution in [-0.2, 0) is 0 Å². The number of aromatic nitrogens is 2. The molecule has 0 saturated heterocycles. The lowest BCUT2D eigenvalue weighted by atomic mass is 9.98. The largest absolute Gasteiger partial charge is 0.309 e. The summed E-state index contributed by atoms with van der Waals surface area (Å²) < 4.78 is 4.83. The lowest BCUT2D eigenvalue weighted by Crippen LogP contribution is -1.93. The average molecular weight is 635 g/mol. The van der Waals surface area contributed by atoms with Crippen molar-refractivity contribution in [3.63, 3.8) is 0 Å². The van der Waals surface area contributed by atoms with Crippen molar-refractivity contribution >= 4 is 75.9 Å². The molecule has 11 rings (SSSR count). The van der Waals surface area contributed by atoms with E-state index in [9.17, 15) is 0 Å². The Labute approximate surface area is 288 Å². The summed E-state index contributed by atoms with van der Waals surface area (Å²) in [4.78, 5) is 0. The second kappa shape index (κ2) is 10.4. The fourth-order valence-electron chi connectivity index (χ4n) is 8.30. The van der Waals surface area contributed by atoms with Gasteiger partial charge in [-0.25, -0.2) is 0 Å². The van der Waals surface area contributed by atoms with E-state index in [4.69, 9.17) is 0 Å². The van der Waals surface area contributed by atoms with E-state index in [-0.39, 0.29) is 0 Å². The van der Waals surface area contributed by atoms with Crippen molar-refractivity contribution in [3.8, 4) is 22.5 Å². The average Bonchev–Trinajstić information content (AvgIpc) is 3.67. The van der Waals surface area contributed by atoms with Gasteiger partial charge in [-0.05, 0) is 116 Å². The molecule has 0 amide bonds. The smallest absolute Gasteiger partial charge is 0.0547 e. The van der Waals surface area contributed by atoms with Gasteiger partial charge in [-0.3, -0.25) is 0 Å². The molecule has 2 heterocycles. The van der Waals surface area contributed by atoms with Crippen LogP contribution in [-0.4, -0.2) is 9.13 Å². The van der Waals surface area contributed by atoms with Crippen LogP contribution < -0.4 is 0 Å². The topological polar surface area (TPSA) is 9.86 Å². The summed E-state index contributed by atoms with van der Waals surface area (Å²) in [7, 11) is 0. The second-order valence-corrected chi connectivity index (χ2v) is 13.4. The van der Waals surface area contributed by atoms with Gasteiger partial charge in [0.15, 0.2) is 0 Å². The first-order chi connectivity index (χ1) is 24.8. The molecule has 11 aromatic rings. The van der Waals surface area contributed by atoms with Gasteiger partial charge in [-0.2, -0.15) is 0 Å². The number of rotatable bonds is 3. The Balaban J connectivity index is 1.19. The number of nitrogens with zero attached hydrogens (tertiary/aromatic N) is 2. The number of para-hydroxylation sites is 2. The summed E-state index contributed by atoms with van der Waals surface area (Å²) in [6, 6.07) is 66.9. The molecule has 9 aromatic carbocycles. The van der Waals surface area contributed by atoms with Crippen molar-refractivity contribution in [3.05, 3.63) is 182 Å². The first-order valence-electron chi connectivity index (χ1n) is 17.3. The van der Waals surface area contributed by atoms with Gasteiger partial charge < -0.3 is 9.13 Å². The van der Waals surface area contributed by atoms with E-state index < -0.39 is 0 Å². The first kappa shape index (κ1) is 27.3. The molecule has 0 spiro atoms. The molecular formula is C48H30N2. The van der Waals surface area contributed by atoms with Gasteiger partial charge in [0.05, 0.1) is 22.1 Å². The normalized spacial score (nSPS) is 12.0. The molecular weight excluding hydrogens is 605 g/mol. The van der Waals surface area contributed by atoms with Gasteiger partial charge in [-0.15, -0.1) is 0 Å². The van der Waals surface area contributed by atoms with Crippen LogP contribution in [0.15, 0.2) is 182 Å². The van der Waals surface area contributed by atoms with E-state index in [2.05, 4.69) is 191 Å². The summed E-state index contributed by atoms with van der Waals surface area (Å²) >= 11 is 0. The zero-order chi connectivity index (χ0) is 32.8. The van der Waals surface area contributed by atoms with E-state index in [1.165, 1.54) is 98.4 Å². The number of fused-ring (bicyclic) bond motifs is 10. The molecule has 0 radical (unpaired) electrons. The highest BCUT2D eigenvalue weighted by Gasteiger charge is 2.18. The molecule has 2 aromatic heterocycles. The fourth-order valence-corrected chi connectivity index (χ4v) is 8.30. The second-order valence-electron chi connectivity index (χ2n) is 13.4. The van der Waals surface area contributed by atoms with Crippen LogP contribution in [0.5, 0.6) is 0 Å². The van der Waals surface area contributed by atoms with Gasteiger partial charge in [0.1, 0.15) is 0 Å². The van der Waals surface area contributed by atoms with Crippen LogP contribution in [0.25, 0.3) is 98.4 Å². The fraction of sp³-hybridized carbons (Fsp3) is 0. The SMILES string of the molecule is c1ccc(-n2c3ccc(-c4ccc5c(c4)c4cc6c(ccc7ccccc76)cc4n5-c4ccccc4)cc3c3cc4ccccc4cc32)cc1. The third kappa shape index (κ3) is 3.96. The van der Waals surface area contributed by atoms with Crippen molar-refractivity contribution in [2.75, 3.05) is 0 Å². The number of hydrogen-bond acceptors (Lipinski definition) is 0. The number of benzene rings is 9. The standard InChI is InChI=1S/C48H30N2/c1-3-14-37(15-4-1)49-45-23-21-34(26-41(45)43-25-32-12-7-8-13-33(32)28-47(43)49)35-22-24-46-42(27-35)44-30-40-36(20-19-31-11-9-10-18-39(31)40)29-48(44)50(46)38-16-5-2-6-17-38/h1-30H. The monoisotopic (exact) mass is 634 g/mol. The highest BCUT2D eigenvalue weighted by molar-refractivity contribution is 6.19. The van der Waals surface area contributed by atoms with Crippen molar-refractivity contribution in [2.45, 2.75) is 0 Å². The van der Waals surface area contributed by atoms with E-state index >= 15 is 0 Å². The molecule has 0 fully saturated rings. The molecule has 0 saturated carbocycles. The van der Waals surface area contributed by atoms with Crippen LogP contribution in [0, 0.1) is 0 Å². The molecule has 50 heavy (non-hydrogen) atoms. The molecule has 0 unspecified atom stereocenters. The highest BCUT2D eigenvalue weighted by atomic mass is 15.0.